The second-order valence-electron chi connectivity index (χ2n) is 4.83. The van der Waals surface area contributed by atoms with Crippen LogP contribution < -0.4 is 5.32 Å². The lowest BCUT2D eigenvalue weighted by Gasteiger charge is -2.18. The van der Waals surface area contributed by atoms with Crippen molar-refractivity contribution in [1.29, 1.82) is 0 Å². The molecule has 90 valence electrons. The van der Waals surface area contributed by atoms with Gasteiger partial charge in [0, 0.05) is 32.2 Å². The minimum Gasteiger partial charge on any atom is -0.390 e. The fraction of sp³-hybridized carbons (Fsp3) is 1.00. The fourth-order valence-corrected chi connectivity index (χ4v) is 1.71. The van der Waals surface area contributed by atoms with Crippen molar-refractivity contribution in [2.45, 2.75) is 25.0 Å². The smallest absolute Gasteiger partial charge is 0.0791 e. The third-order valence-corrected chi connectivity index (χ3v) is 2.77. The minimum atomic E-state index is -0.258. The SMILES string of the molecule is CN(C)CC(O)CNCCN(C)C1CC1. The van der Waals surface area contributed by atoms with Crippen molar-refractivity contribution in [2.75, 3.05) is 47.3 Å². The molecular weight excluding hydrogens is 190 g/mol. The Morgan fingerprint density at radius 1 is 1.33 bits per heavy atom. The van der Waals surface area contributed by atoms with E-state index >= 15 is 0 Å². The first kappa shape index (κ1) is 12.9. The summed E-state index contributed by atoms with van der Waals surface area (Å²) in [5.74, 6) is 0. The Kier molecular flexibility index (Phi) is 5.53. The standard InChI is InChI=1S/C11H25N3O/c1-13(2)9-11(15)8-12-6-7-14(3)10-4-5-10/h10-12,15H,4-9H2,1-3H3. The van der Waals surface area contributed by atoms with Crippen LogP contribution in [0, 0.1) is 0 Å². The van der Waals surface area contributed by atoms with Gasteiger partial charge in [0.15, 0.2) is 0 Å². The molecule has 15 heavy (non-hydrogen) atoms. The van der Waals surface area contributed by atoms with E-state index in [4.69, 9.17) is 0 Å². The number of likely N-dealkylation sites (N-methyl/N-ethyl adjacent to an activating group) is 2. The van der Waals surface area contributed by atoms with Gasteiger partial charge in [0.1, 0.15) is 0 Å². The molecule has 1 rings (SSSR count). The molecule has 0 bridgehead atoms. The van der Waals surface area contributed by atoms with Crippen LogP contribution in [0.25, 0.3) is 0 Å². The molecule has 2 N–H and O–H groups in total. The molecule has 0 saturated heterocycles. The van der Waals surface area contributed by atoms with Crippen molar-refractivity contribution < 1.29 is 5.11 Å². The third kappa shape index (κ3) is 6.10. The van der Waals surface area contributed by atoms with Crippen LogP contribution in [0.15, 0.2) is 0 Å². The number of nitrogens with one attached hydrogen (secondary N) is 1. The van der Waals surface area contributed by atoms with Gasteiger partial charge in [-0.15, -0.1) is 0 Å². The Morgan fingerprint density at radius 2 is 2.00 bits per heavy atom. The van der Waals surface area contributed by atoms with Gasteiger partial charge in [-0.2, -0.15) is 0 Å². The number of aliphatic hydroxyl groups excluding tert-OH is 1. The van der Waals surface area contributed by atoms with Crippen LogP contribution in [0.3, 0.4) is 0 Å². The van der Waals surface area contributed by atoms with Crippen LogP contribution in [-0.4, -0.2) is 74.4 Å². The summed E-state index contributed by atoms with van der Waals surface area (Å²) < 4.78 is 0. The molecule has 1 atom stereocenters. The quantitative estimate of drug-likeness (QED) is 0.540. The molecule has 0 aromatic rings. The van der Waals surface area contributed by atoms with E-state index in [1.165, 1.54) is 12.8 Å². The van der Waals surface area contributed by atoms with Crippen LogP contribution >= 0.6 is 0 Å². The molecule has 1 aliphatic rings. The van der Waals surface area contributed by atoms with Gasteiger partial charge in [-0.3, -0.25) is 0 Å². The molecule has 0 aromatic carbocycles. The van der Waals surface area contributed by atoms with Crippen molar-refractivity contribution in [3.63, 3.8) is 0 Å². The Labute approximate surface area is 93.2 Å². The maximum Gasteiger partial charge on any atom is 0.0791 e. The van der Waals surface area contributed by atoms with Gasteiger partial charge >= 0.3 is 0 Å². The van der Waals surface area contributed by atoms with Gasteiger partial charge in [0.25, 0.3) is 0 Å². The van der Waals surface area contributed by atoms with Crippen molar-refractivity contribution in [3.8, 4) is 0 Å². The molecule has 0 aromatic heterocycles. The zero-order valence-electron chi connectivity index (χ0n) is 10.2. The molecule has 0 radical (unpaired) electrons. The Hall–Kier alpha value is -0.160. The fourth-order valence-electron chi connectivity index (χ4n) is 1.71. The maximum absolute atomic E-state index is 9.59. The highest BCUT2D eigenvalue weighted by molar-refractivity contribution is 4.82. The average molecular weight is 215 g/mol. The molecule has 4 heteroatoms. The Morgan fingerprint density at radius 3 is 2.53 bits per heavy atom. The lowest BCUT2D eigenvalue weighted by Crippen LogP contribution is -2.38. The predicted octanol–water partition coefficient (Wildman–Crippen LogP) is -0.407. The molecule has 1 fully saturated rings. The molecule has 1 saturated carbocycles. The summed E-state index contributed by atoms with van der Waals surface area (Å²) in [6, 6.07) is 0.832. The molecule has 1 unspecified atom stereocenters. The van der Waals surface area contributed by atoms with Crippen molar-refractivity contribution >= 4 is 0 Å². The summed E-state index contributed by atoms with van der Waals surface area (Å²) in [7, 11) is 6.13. The number of hydrogen-bond donors (Lipinski definition) is 2. The van der Waals surface area contributed by atoms with E-state index in [0.717, 1.165) is 25.7 Å². The van der Waals surface area contributed by atoms with E-state index in [1.54, 1.807) is 0 Å². The lowest BCUT2D eigenvalue weighted by atomic mass is 10.3. The Bertz CT molecular complexity index is 171. The number of hydrogen-bond acceptors (Lipinski definition) is 4. The minimum absolute atomic E-state index is 0.258. The normalized spacial score (nSPS) is 18.8. The first-order chi connectivity index (χ1) is 7.09. The first-order valence-electron chi connectivity index (χ1n) is 5.83. The molecule has 0 aliphatic heterocycles. The number of rotatable bonds is 8. The zero-order chi connectivity index (χ0) is 11.3. The van der Waals surface area contributed by atoms with Gasteiger partial charge in [-0.1, -0.05) is 0 Å². The van der Waals surface area contributed by atoms with Gasteiger partial charge in [0.2, 0.25) is 0 Å². The Balaban J connectivity index is 1.91. The largest absolute Gasteiger partial charge is 0.390 e. The van der Waals surface area contributed by atoms with Crippen molar-refractivity contribution in [1.82, 2.24) is 15.1 Å². The molecule has 0 spiro atoms. The van der Waals surface area contributed by atoms with Gasteiger partial charge in [0.05, 0.1) is 6.10 Å². The van der Waals surface area contributed by atoms with E-state index in [2.05, 4.69) is 17.3 Å². The summed E-state index contributed by atoms with van der Waals surface area (Å²) in [4.78, 5) is 4.40. The highest BCUT2D eigenvalue weighted by Crippen LogP contribution is 2.24. The van der Waals surface area contributed by atoms with Crippen LogP contribution in [0.1, 0.15) is 12.8 Å². The summed E-state index contributed by atoms with van der Waals surface area (Å²) >= 11 is 0. The average Bonchev–Trinajstić information content (AvgIpc) is 2.93. The number of nitrogens with zero attached hydrogens (tertiary/aromatic N) is 2. The summed E-state index contributed by atoms with van der Waals surface area (Å²) in [5, 5.41) is 12.9. The summed E-state index contributed by atoms with van der Waals surface area (Å²) in [5.41, 5.74) is 0. The van der Waals surface area contributed by atoms with Crippen molar-refractivity contribution in [3.05, 3.63) is 0 Å². The van der Waals surface area contributed by atoms with Gasteiger partial charge in [-0.25, -0.2) is 0 Å². The lowest BCUT2D eigenvalue weighted by molar-refractivity contribution is 0.134. The molecule has 1 aliphatic carbocycles. The predicted molar refractivity (Wildman–Crippen MR) is 63.1 cm³/mol. The highest BCUT2D eigenvalue weighted by atomic mass is 16.3. The van der Waals surface area contributed by atoms with E-state index in [-0.39, 0.29) is 6.10 Å². The highest BCUT2D eigenvalue weighted by Gasteiger charge is 2.25. The summed E-state index contributed by atoms with van der Waals surface area (Å²) in [6.45, 7) is 3.47. The number of aliphatic hydroxyl groups is 1. The topological polar surface area (TPSA) is 38.7 Å². The van der Waals surface area contributed by atoms with Crippen LogP contribution in [0.4, 0.5) is 0 Å². The third-order valence-electron chi connectivity index (χ3n) is 2.77. The van der Waals surface area contributed by atoms with E-state index < -0.39 is 0 Å². The van der Waals surface area contributed by atoms with Gasteiger partial charge in [-0.05, 0) is 34.0 Å². The second kappa shape index (κ2) is 6.43. The first-order valence-corrected chi connectivity index (χ1v) is 5.83. The zero-order valence-corrected chi connectivity index (χ0v) is 10.2. The van der Waals surface area contributed by atoms with Crippen LogP contribution in [0.2, 0.25) is 0 Å². The molecular formula is C11H25N3O. The van der Waals surface area contributed by atoms with E-state index in [0.29, 0.717) is 6.54 Å². The molecule has 4 nitrogen and oxygen atoms in total. The molecule has 0 heterocycles. The molecule has 0 amide bonds. The van der Waals surface area contributed by atoms with Gasteiger partial charge < -0.3 is 20.2 Å². The summed E-state index contributed by atoms with van der Waals surface area (Å²) in [6.07, 6.45) is 2.46. The van der Waals surface area contributed by atoms with E-state index in [1.807, 2.05) is 19.0 Å². The maximum atomic E-state index is 9.59. The van der Waals surface area contributed by atoms with Crippen LogP contribution in [0.5, 0.6) is 0 Å². The second-order valence-corrected chi connectivity index (χ2v) is 4.83. The van der Waals surface area contributed by atoms with Crippen LogP contribution in [-0.2, 0) is 0 Å². The monoisotopic (exact) mass is 215 g/mol. The van der Waals surface area contributed by atoms with E-state index in [9.17, 15) is 5.11 Å². The van der Waals surface area contributed by atoms with Crippen molar-refractivity contribution in [2.24, 2.45) is 0 Å².